The van der Waals surface area contributed by atoms with E-state index in [-0.39, 0.29) is 23.0 Å². The van der Waals surface area contributed by atoms with Gasteiger partial charge in [0.05, 0.1) is 11.4 Å². The van der Waals surface area contributed by atoms with Gasteiger partial charge in [-0.3, -0.25) is 14.5 Å². The summed E-state index contributed by atoms with van der Waals surface area (Å²) in [4.78, 5) is 26.9. The predicted molar refractivity (Wildman–Crippen MR) is 119 cm³/mol. The molecule has 0 unspecified atom stereocenters. The monoisotopic (exact) mass is 420 g/mol. The van der Waals surface area contributed by atoms with Gasteiger partial charge in [-0.1, -0.05) is 36.4 Å². The van der Waals surface area contributed by atoms with Gasteiger partial charge >= 0.3 is 0 Å². The van der Waals surface area contributed by atoms with Crippen molar-refractivity contribution in [1.82, 2.24) is 0 Å². The summed E-state index contributed by atoms with van der Waals surface area (Å²) in [5, 5.41) is 2.65. The minimum absolute atomic E-state index is 0.0620. The SMILES string of the molecule is Cc1ccccc1C(=O)Nc1cccc([C@H]2SCC(=O)N2c2cccc(F)c2C)c1. The molecule has 1 N–H and O–H groups in total. The molecule has 3 aromatic rings. The number of nitrogens with one attached hydrogen (secondary N) is 1. The highest BCUT2D eigenvalue weighted by molar-refractivity contribution is 8.00. The Bertz CT molecular complexity index is 1130. The van der Waals surface area contributed by atoms with Crippen LogP contribution in [0.2, 0.25) is 0 Å². The maximum atomic E-state index is 14.1. The summed E-state index contributed by atoms with van der Waals surface area (Å²) in [6.07, 6.45) is 0. The molecule has 2 amide bonds. The number of rotatable bonds is 4. The zero-order chi connectivity index (χ0) is 21.3. The zero-order valence-electron chi connectivity index (χ0n) is 16.7. The molecule has 0 aromatic heterocycles. The van der Waals surface area contributed by atoms with Crippen molar-refractivity contribution in [2.75, 3.05) is 16.0 Å². The van der Waals surface area contributed by atoms with Gasteiger partial charge in [0, 0.05) is 16.8 Å². The van der Waals surface area contributed by atoms with Gasteiger partial charge in [-0.25, -0.2) is 4.39 Å². The third kappa shape index (κ3) is 3.83. The molecule has 0 aliphatic carbocycles. The lowest BCUT2D eigenvalue weighted by molar-refractivity contribution is -0.115. The van der Waals surface area contributed by atoms with Crippen LogP contribution in [-0.2, 0) is 4.79 Å². The van der Waals surface area contributed by atoms with Crippen LogP contribution in [0.25, 0.3) is 0 Å². The van der Waals surface area contributed by atoms with Crippen molar-refractivity contribution in [2.24, 2.45) is 0 Å². The van der Waals surface area contributed by atoms with Gasteiger partial charge < -0.3 is 5.32 Å². The Kier molecular flexibility index (Phi) is 5.59. The van der Waals surface area contributed by atoms with Crippen molar-refractivity contribution in [1.29, 1.82) is 0 Å². The number of aryl methyl sites for hydroxylation is 1. The summed E-state index contributed by atoms with van der Waals surface area (Å²) >= 11 is 1.49. The molecule has 0 bridgehead atoms. The number of amides is 2. The molecule has 1 heterocycles. The fraction of sp³-hybridized carbons (Fsp3) is 0.167. The molecule has 6 heteroatoms. The number of carbonyl (C=O) groups excluding carboxylic acids is 2. The van der Waals surface area contributed by atoms with Crippen LogP contribution in [0.1, 0.15) is 32.4 Å². The first-order valence-corrected chi connectivity index (χ1v) is 10.7. The van der Waals surface area contributed by atoms with Gasteiger partial charge in [-0.2, -0.15) is 0 Å². The third-order valence-electron chi connectivity index (χ3n) is 5.19. The summed E-state index contributed by atoms with van der Waals surface area (Å²) in [6.45, 7) is 3.57. The molecule has 4 nitrogen and oxygen atoms in total. The molecule has 152 valence electrons. The van der Waals surface area contributed by atoms with Gasteiger partial charge in [-0.15, -0.1) is 11.8 Å². The first-order valence-electron chi connectivity index (χ1n) is 9.61. The Morgan fingerprint density at radius 2 is 1.83 bits per heavy atom. The van der Waals surface area contributed by atoms with E-state index in [2.05, 4.69) is 5.32 Å². The second-order valence-corrected chi connectivity index (χ2v) is 8.27. The number of hydrogen-bond donors (Lipinski definition) is 1. The highest BCUT2D eigenvalue weighted by Gasteiger charge is 2.35. The number of carbonyl (C=O) groups is 2. The molecule has 1 fully saturated rings. The second kappa shape index (κ2) is 8.32. The molecule has 0 spiro atoms. The van der Waals surface area contributed by atoms with Crippen molar-refractivity contribution in [3.8, 4) is 0 Å². The van der Waals surface area contributed by atoms with Crippen LogP contribution in [-0.4, -0.2) is 17.6 Å². The van der Waals surface area contributed by atoms with Crippen LogP contribution in [0.4, 0.5) is 15.8 Å². The van der Waals surface area contributed by atoms with Crippen molar-refractivity contribution >= 4 is 35.0 Å². The number of halogens is 1. The minimum atomic E-state index is -0.338. The first kappa shape index (κ1) is 20.2. The standard InChI is InChI=1S/C24H21FN2O2S/c1-15-7-3-4-10-19(15)23(29)26-18-9-5-8-17(13-18)24-27(22(28)14-30-24)21-12-6-11-20(25)16(21)2/h3-13,24H,14H2,1-2H3,(H,26,29)/t24-/m1/s1. The molecule has 0 saturated carbocycles. The number of benzene rings is 3. The molecular formula is C24H21FN2O2S. The van der Waals surface area contributed by atoms with E-state index < -0.39 is 0 Å². The number of nitrogens with zero attached hydrogens (tertiary/aromatic N) is 1. The number of hydrogen-bond acceptors (Lipinski definition) is 3. The Labute approximate surface area is 179 Å². The van der Waals surface area contributed by atoms with Crippen LogP contribution in [0.5, 0.6) is 0 Å². The lowest BCUT2D eigenvalue weighted by atomic mass is 10.1. The molecule has 1 atom stereocenters. The summed E-state index contributed by atoms with van der Waals surface area (Å²) < 4.78 is 14.1. The molecule has 1 aliphatic heterocycles. The Morgan fingerprint density at radius 3 is 2.63 bits per heavy atom. The summed E-state index contributed by atoms with van der Waals surface area (Å²) in [5.74, 6) is -0.262. The highest BCUT2D eigenvalue weighted by Crippen LogP contribution is 2.43. The maximum Gasteiger partial charge on any atom is 0.255 e. The van der Waals surface area contributed by atoms with E-state index in [0.29, 0.717) is 28.3 Å². The van der Waals surface area contributed by atoms with E-state index in [9.17, 15) is 14.0 Å². The minimum Gasteiger partial charge on any atom is -0.322 e. The molecule has 3 aromatic carbocycles. The van der Waals surface area contributed by atoms with Gasteiger partial charge in [0.25, 0.3) is 5.91 Å². The summed E-state index contributed by atoms with van der Waals surface area (Å²) in [7, 11) is 0. The quantitative estimate of drug-likeness (QED) is 0.609. The van der Waals surface area contributed by atoms with Crippen LogP contribution >= 0.6 is 11.8 Å². The van der Waals surface area contributed by atoms with Crippen LogP contribution in [0.3, 0.4) is 0 Å². The third-order valence-corrected chi connectivity index (χ3v) is 6.40. The topological polar surface area (TPSA) is 49.4 Å². The average molecular weight is 421 g/mol. The highest BCUT2D eigenvalue weighted by atomic mass is 32.2. The average Bonchev–Trinajstić information content (AvgIpc) is 3.12. The van der Waals surface area contributed by atoms with Gasteiger partial charge in [0.2, 0.25) is 5.91 Å². The van der Waals surface area contributed by atoms with Crippen LogP contribution < -0.4 is 10.2 Å². The van der Waals surface area contributed by atoms with Crippen molar-refractivity contribution < 1.29 is 14.0 Å². The van der Waals surface area contributed by atoms with Crippen molar-refractivity contribution in [3.05, 3.63) is 94.8 Å². The molecular weight excluding hydrogens is 399 g/mol. The van der Waals surface area contributed by atoms with Crippen LogP contribution in [0, 0.1) is 19.7 Å². The predicted octanol–water partition coefficient (Wildman–Crippen LogP) is 5.47. The van der Waals surface area contributed by atoms with Gasteiger partial charge in [-0.05, 0) is 55.3 Å². The van der Waals surface area contributed by atoms with Crippen molar-refractivity contribution in [2.45, 2.75) is 19.2 Å². The van der Waals surface area contributed by atoms with Gasteiger partial charge in [0.15, 0.2) is 0 Å². The first-order chi connectivity index (χ1) is 14.5. The van der Waals surface area contributed by atoms with Gasteiger partial charge in [0.1, 0.15) is 11.2 Å². The fourth-order valence-electron chi connectivity index (χ4n) is 3.58. The molecule has 1 aliphatic rings. The lowest BCUT2D eigenvalue weighted by Gasteiger charge is -2.26. The van der Waals surface area contributed by atoms with E-state index in [0.717, 1.165) is 11.1 Å². The Morgan fingerprint density at radius 1 is 1.07 bits per heavy atom. The molecule has 0 radical (unpaired) electrons. The second-order valence-electron chi connectivity index (χ2n) is 7.21. The number of thioether (sulfide) groups is 1. The molecule has 1 saturated heterocycles. The maximum absolute atomic E-state index is 14.1. The summed E-state index contributed by atoms with van der Waals surface area (Å²) in [5.41, 5.74) is 4.06. The molecule has 30 heavy (non-hydrogen) atoms. The van der Waals surface area contributed by atoms with Crippen LogP contribution in [0.15, 0.2) is 66.7 Å². The zero-order valence-corrected chi connectivity index (χ0v) is 17.5. The van der Waals surface area contributed by atoms with E-state index in [1.54, 1.807) is 30.0 Å². The van der Waals surface area contributed by atoms with Crippen molar-refractivity contribution in [3.63, 3.8) is 0 Å². The van der Waals surface area contributed by atoms with E-state index in [4.69, 9.17) is 0 Å². The van der Waals surface area contributed by atoms with E-state index in [1.807, 2.05) is 49.4 Å². The normalized spacial score (nSPS) is 16.0. The van der Waals surface area contributed by atoms with E-state index in [1.165, 1.54) is 17.8 Å². The van der Waals surface area contributed by atoms with E-state index >= 15 is 0 Å². The molecule has 4 rings (SSSR count). The Hall–Kier alpha value is -3.12. The number of anilines is 2. The smallest absolute Gasteiger partial charge is 0.255 e. The summed E-state index contributed by atoms with van der Waals surface area (Å²) in [6, 6.07) is 19.6. The Balaban J connectivity index is 1.63. The fourth-order valence-corrected chi connectivity index (χ4v) is 4.74. The lowest BCUT2D eigenvalue weighted by Crippen LogP contribution is -2.28. The largest absolute Gasteiger partial charge is 0.322 e.